The molecular formula is C36H52ClN3O8. The molecule has 2 saturated heterocycles. The van der Waals surface area contributed by atoms with Crippen LogP contribution in [0.1, 0.15) is 59.9 Å². The molecule has 12 heteroatoms. The van der Waals surface area contributed by atoms with Crippen molar-refractivity contribution < 1.29 is 38.4 Å². The number of fused-ring (bicyclic) bond motifs is 5. The van der Waals surface area contributed by atoms with Gasteiger partial charge in [0.2, 0.25) is 5.91 Å². The number of carbonyl (C=O) groups excluding carboxylic acids is 2. The molecule has 4 rings (SSSR count). The molecule has 0 aromatic heterocycles. The minimum atomic E-state index is -1.53. The van der Waals surface area contributed by atoms with Crippen LogP contribution < -0.4 is 15.0 Å². The van der Waals surface area contributed by atoms with E-state index in [1.807, 2.05) is 70.9 Å². The van der Waals surface area contributed by atoms with Crippen LogP contribution in [-0.4, -0.2) is 98.0 Å². The van der Waals surface area contributed by atoms with Crippen molar-refractivity contribution in [2.45, 2.75) is 109 Å². The summed E-state index contributed by atoms with van der Waals surface area (Å²) in [7, 11) is 6.56. The Balaban J connectivity index is 1.79. The number of hydrogen-bond acceptors (Lipinski definition) is 10. The van der Waals surface area contributed by atoms with Gasteiger partial charge < -0.3 is 39.0 Å². The predicted molar refractivity (Wildman–Crippen MR) is 185 cm³/mol. The molecule has 0 radical (unpaired) electrons. The summed E-state index contributed by atoms with van der Waals surface area (Å²) in [5.41, 5.74) is -0.212. The Hall–Kier alpha value is -3.09. The van der Waals surface area contributed by atoms with Gasteiger partial charge in [-0.1, -0.05) is 42.3 Å². The van der Waals surface area contributed by atoms with Crippen LogP contribution in [0, 0.1) is 5.92 Å². The van der Waals surface area contributed by atoms with E-state index >= 15 is 0 Å². The van der Waals surface area contributed by atoms with Gasteiger partial charge in [0.05, 0.1) is 25.3 Å². The van der Waals surface area contributed by atoms with E-state index in [4.69, 9.17) is 35.3 Å². The largest absolute Gasteiger partial charge is 0.495 e. The lowest BCUT2D eigenvalue weighted by Gasteiger charge is -2.44. The zero-order chi connectivity index (χ0) is 35.7. The van der Waals surface area contributed by atoms with E-state index in [0.29, 0.717) is 22.9 Å². The van der Waals surface area contributed by atoms with Crippen molar-refractivity contribution in [1.82, 2.24) is 10.2 Å². The maximum atomic E-state index is 14.1. The van der Waals surface area contributed by atoms with Gasteiger partial charge in [0.15, 0.2) is 11.6 Å². The highest BCUT2D eigenvalue weighted by molar-refractivity contribution is 6.35. The van der Waals surface area contributed by atoms with Crippen LogP contribution >= 0.6 is 11.6 Å². The standard InChI is InChI=1S/C36H52ClN3O8/c1-20(2)39(8)23(5)34(42)47-30-18-31(41)40(9)26-16-25(17-27(44-10)32(26)37)15-21(3)13-12-14-29(45-11)36(43)19-28(46-24(6)38-36)22(4)33-35(30,7)48-33/h12-14,16-17,20,22-23,28-30,33,38,43H,6,15,18-19H2,1-5,7-11H3/b14-12+,21-13+. The number of amides is 1. The number of halogens is 1. The second-order valence-corrected chi connectivity index (χ2v) is 14.2. The number of aliphatic hydroxyl groups is 1. The number of rotatable bonds is 6. The highest BCUT2D eigenvalue weighted by atomic mass is 35.5. The molecule has 3 heterocycles. The lowest BCUT2D eigenvalue weighted by atomic mass is 9.83. The fourth-order valence-electron chi connectivity index (χ4n) is 6.57. The van der Waals surface area contributed by atoms with Gasteiger partial charge in [-0.25, -0.2) is 0 Å². The summed E-state index contributed by atoms with van der Waals surface area (Å²) in [6.07, 6.45) is 3.40. The number of nitrogens with zero attached hydrogens (tertiary/aromatic N) is 2. The summed E-state index contributed by atoms with van der Waals surface area (Å²) in [6, 6.07) is 3.22. The van der Waals surface area contributed by atoms with Crippen LogP contribution in [0.4, 0.5) is 5.69 Å². The first-order valence-corrected chi connectivity index (χ1v) is 16.8. The third-order valence-corrected chi connectivity index (χ3v) is 10.4. The van der Waals surface area contributed by atoms with Crippen LogP contribution in [0.5, 0.6) is 5.75 Å². The third-order valence-electron chi connectivity index (χ3n) is 10.0. The van der Waals surface area contributed by atoms with Crippen LogP contribution in [0.2, 0.25) is 5.02 Å². The second kappa shape index (κ2) is 14.8. The Morgan fingerprint density at radius 2 is 1.96 bits per heavy atom. The highest BCUT2D eigenvalue weighted by Gasteiger charge is 2.64. The maximum Gasteiger partial charge on any atom is 0.323 e. The molecule has 1 aromatic carbocycles. The topological polar surface area (TPSA) is 122 Å². The fourth-order valence-corrected chi connectivity index (χ4v) is 6.88. The monoisotopic (exact) mass is 689 g/mol. The van der Waals surface area contributed by atoms with E-state index in [1.54, 1.807) is 20.0 Å². The van der Waals surface area contributed by atoms with Crippen molar-refractivity contribution in [3.63, 3.8) is 0 Å². The molecule has 48 heavy (non-hydrogen) atoms. The number of hydrogen-bond donors (Lipinski definition) is 2. The summed E-state index contributed by atoms with van der Waals surface area (Å²) in [6.45, 7) is 15.5. The normalized spacial score (nSPS) is 33.6. The molecule has 0 saturated carbocycles. The van der Waals surface area contributed by atoms with E-state index in [2.05, 4.69) is 11.9 Å². The van der Waals surface area contributed by atoms with E-state index < -0.39 is 47.8 Å². The summed E-state index contributed by atoms with van der Waals surface area (Å²) in [5, 5.41) is 15.1. The number of epoxide rings is 1. The van der Waals surface area contributed by atoms with E-state index in [9.17, 15) is 14.7 Å². The first kappa shape index (κ1) is 37.7. The quantitative estimate of drug-likeness (QED) is 0.320. The molecule has 11 nitrogen and oxygen atoms in total. The Kier molecular flexibility index (Phi) is 11.6. The first-order chi connectivity index (χ1) is 22.4. The molecule has 3 aliphatic heterocycles. The molecule has 266 valence electrons. The third kappa shape index (κ3) is 7.86. The van der Waals surface area contributed by atoms with Crippen molar-refractivity contribution in [2.24, 2.45) is 5.92 Å². The number of anilines is 1. The van der Waals surface area contributed by atoms with Gasteiger partial charge in [-0.3, -0.25) is 14.5 Å². The predicted octanol–water partition coefficient (Wildman–Crippen LogP) is 4.75. The van der Waals surface area contributed by atoms with Crippen molar-refractivity contribution >= 4 is 29.2 Å². The SMILES string of the molecule is C=C1NC2(O)CC(O1)C(C)C1OC1(C)C(OC(=O)C(C)N(C)C(C)C)CC(=O)N(C)c1cc(cc(OC)c1Cl)C/C(C)=C/C=C/C2OC. The fraction of sp³-hybridized carbons (Fsp3) is 0.611. The summed E-state index contributed by atoms with van der Waals surface area (Å²) < 4.78 is 29.9. The number of carbonyl (C=O) groups is 2. The minimum Gasteiger partial charge on any atom is -0.495 e. The molecular weight excluding hydrogens is 638 g/mol. The van der Waals surface area contributed by atoms with Crippen LogP contribution in [-0.2, 0) is 35.0 Å². The Morgan fingerprint density at radius 1 is 1.27 bits per heavy atom. The van der Waals surface area contributed by atoms with Crippen molar-refractivity contribution in [3.05, 3.63) is 59.0 Å². The Labute approximate surface area is 289 Å². The molecule has 2 N–H and O–H groups in total. The zero-order valence-corrected chi connectivity index (χ0v) is 30.6. The number of nitrogens with one attached hydrogen (secondary N) is 1. The lowest BCUT2D eigenvalue weighted by Crippen LogP contribution is -2.60. The molecule has 2 fully saturated rings. The lowest BCUT2D eigenvalue weighted by molar-refractivity contribution is -0.160. The van der Waals surface area contributed by atoms with Gasteiger partial charge in [-0.2, -0.15) is 0 Å². The van der Waals surface area contributed by atoms with E-state index in [0.717, 1.165) is 11.1 Å². The van der Waals surface area contributed by atoms with Crippen LogP contribution in [0.3, 0.4) is 0 Å². The molecule has 1 aromatic rings. The van der Waals surface area contributed by atoms with Crippen molar-refractivity contribution in [1.29, 1.82) is 0 Å². The van der Waals surface area contributed by atoms with E-state index in [1.165, 1.54) is 19.1 Å². The first-order valence-electron chi connectivity index (χ1n) is 16.4. The maximum absolute atomic E-state index is 14.1. The second-order valence-electron chi connectivity index (χ2n) is 13.8. The number of benzene rings is 1. The van der Waals surface area contributed by atoms with Crippen molar-refractivity contribution in [2.75, 3.05) is 33.2 Å². The smallest absolute Gasteiger partial charge is 0.323 e. The number of esters is 1. The minimum absolute atomic E-state index is 0.0906. The molecule has 3 aliphatic rings. The van der Waals surface area contributed by atoms with E-state index in [-0.39, 0.29) is 36.6 Å². The molecule has 4 bridgehead atoms. The summed E-state index contributed by atoms with van der Waals surface area (Å²) in [4.78, 5) is 31.0. The number of methoxy groups -OCH3 is 2. The summed E-state index contributed by atoms with van der Waals surface area (Å²) >= 11 is 6.76. The van der Waals surface area contributed by atoms with Gasteiger partial charge in [-0.15, -0.1) is 0 Å². The van der Waals surface area contributed by atoms with Gasteiger partial charge in [0.1, 0.15) is 40.7 Å². The average molecular weight is 690 g/mol. The van der Waals surface area contributed by atoms with Gasteiger partial charge in [0, 0.05) is 32.5 Å². The number of ether oxygens (including phenoxy) is 5. The van der Waals surface area contributed by atoms with Gasteiger partial charge >= 0.3 is 5.97 Å². The van der Waals surface area contributed by atoms with Crippen molar-refractivity contribution in [3.8, 4) is 5.75 Å². The molecule has 8 unspecified atom stereocenters. The molecule has 1 amide bonds. The molecule has 8 atom stereocenters. The van der Waals surface area contributed by atoms with Gasteiger partial charge in [-0.05, 0) is 72.4 Å². The summed E-state index contributed by atoms with van der Waals surface area (Å²) in [5.74, 6) is -0.456. The highest BCUT2D eigenvalue weighted by Crippen LogP contribution is 2.49. The zero-order valence-electron chi connectivity index (χ0n) is 29.8. The Bertz CT molecular complexity index is 1450. The molecule has 0 aliphatic carbocycles. The average Bonchev–Trinajstić information content (AvgIpc) is 3.73. The van der Waals surface area contributed by atoms with Crippen LogP contribution in [0.25, 0.3) is 0 Å². The van der Waals surface area contributed by atoms with Crippen LogP contribution in [0.15, 0.2) is 48.4 Å². The Morgan fingerprint density at radius 3 is 2.58 bits per heavy atom. The van der Waals surface area contributed by atoms with Gasteiger partial charge in [0.25, 0.3) is 0 Å². The number of likely N-dealkylation sites (N-methyl/N-ethyl adjacent to an activating group) is 1. The number of allylic oxidation sites excluding steroid dienone is 3. The molecule has 0 spiro atoms.